The van der Waals surface area contributed by atoms with E-state index >= 15 is 0 Å². The maximum atomic E-state index is 5.90. The summed E-state index contributed by atoms with van der Waals surface area (Å²) in [6.45, 7) is 1.95. The lowest BCUT2D eigenvalue weighted by atomic mass is 10.0. The standard InChI is InChI=1S/C17H19NO3/c1-17(19-2)10-9-12-11-15(7-8-16(12)21-17)20-14-5-3-13(18)4-6-14/h3-8,11H,9-10,18H2,1-2H3. The molecule has 4 heteroatoms. The summed E-state index contributed by atoms with van der Waals surface area (Å²) in [5.41, 5.74) is 7.52. The zero-order valence-electron chi connectivity index (χ0n) is 12.3. The van der Waals surface area contributed by atoms with Crippen LogP contribution in [0.2, 0.25) is 0 Å². The van der Waals surface area contributed by atoms with Crippen molar-refractivity contribution in [2.45, 2.75) is 25.6 Å². The van der Waals surface area contributed by atoms with Crippen LogP contribution in [0.1, 0.15) is 18.9 Å². The van der Waals surface area contributed by atoms with Gasteiger partial charge in [-0.25, -0.2) is 0 Å². The molecule has 1 aliphatic rings. The van der Waals surface area contributed by atoms with E-state index in [9.17, 15) is 0 Å². The molecule has 110 valence electrons. The average Bonchev–Trinajstić information content (AvgIpc) is 2.50. The van der Waals surface area contributed by atoms with Gasteiger partial charge in [0.1, 0.15) is 17.2 Å². The van der Waals surface area contributed by atoms with Crippen molar-refractivity contribution in [3.8, 4) is 17.2 Å². The summed E-state index contributed by atoms with van der Waals surface area (Å²) in [4.78, 5) is 0. The highest BCUT2D eigenvalue weighted by molar-refractivity contribution is 5.46. The Balaban J connectivity index is 1.79. The fraction of sp³-hybridized carbons (Fsp3) is 0.294. The number of nitrogens with two attached hydrogens (primary N) is 1. The molecule has 1 aliphatic heterocycles. The third-order valence-corrected chi connectivity index (χ3v) is 3.75. The van der Waals surface area contributed by atoms with E-state index < -0.39 is 5.79 Å². The number of anilines is 1. The molecule has 0 aromatic heterocycles. The zero-order valence-corrected chi connectivity index (χ0v) is 12.3. The zero-order chi connectivity index (χ0) is 14.9. The number of fused-ring (bicyclic) bond motifs is 1. The summed E-state index contributed by atoms with van der Waals surface area (Å²) in [7, 11) is 1.67. The topological polar surface area (TPSA) is 53.7 Å². The van der Waals surface area contributed by atoms with Gasteiger partial charge in [0.15, 0.2) is 0 Å². The molecule has 1 heterocycles. The van der Waals surface area contributed by atoms with Crippen LogP contribution >= 0.6 is 0 Å². The predicted molar refractivity (Wildman–Crippen MR) is 81.7 cm³/mol. The first-order valence-electron chi connectivity index (χ1n) is 6.98. The van der Waals surface area contributed by atoms with Gasteiger partial charge in [-0.1, -0.05) is 0 Å². The van der Waals surface area contributed by atoms with Crippen molar-refractivity contribution in [1.82, 2.24) is 0 Å². The summed E-state index contributed by atoms with van der Waals surface area (Å²) >= 11 is 0. The number of hydrogen-bond acceptors (Lipinski definition) is 4. The Kier molecular flexibility index (Phi) is 3.47. The van der Waals surface area contributed by atoms with Crippen molar-refractivity contribution < 1.29 is 14.2 Å². The molecule has 1 atom stereocenters. The van der Waals surface area contributed by atoms with Gasteiger partial charge < -0.3 is 19.9 Å². The molecule has 21 heavy (non-hydrogen) atoms. The van der Waals surface area contributed by atoms with Crippen molar-refractivity contribution in [3.63, 3.8) is 0 Å². The second-order valence-corrected chi connectivity index (χ2v) is 5.38. The lowest BCUT2D eigenvalue weighted by Crippen LogP contribution is -2.38. The summed E-state index contributed by atoms with van der Waals surface area (Å²) < 4.78 is 17.1. The highest BCUT2D eigenvalue weighted by Crippen LogP contribution is 2.36. The smallest absolute Gasteiger partial charge is 0.207 e. The van der Waals surface area contributed by atoms with Gasteiger partial charge in [-0.05, 0) is 54.4 Å². The third-order valence-electron chi connectivity index (χ3n) is 3.75. The van der Waals surface area contributed by atoms with E-state index in [1.807, 2.05) is 49.4 Å². The first-order chi connectivity index (χ1) is 10.1. The molecule has 0 saturated heterocycles. The van der Waals surface area contributed by atoms with Gasteiger partial charge in [0.05, 0.1) is 0 Å². The quantitative estimate of drug-likeness (QED) is 0.873. The number of nitrogen functional groups attached to an aromatic ring is 1. The van der Waals surface area contributed by atoms with Crippen LogP contribution in [0.3, 0.4) is 0 Å². The molecule has 0 saturated carbocycles. The van der Waals surface area contributed by atoms with Crippen LogP contribution in [-0.4, -0.2) is 12.9 Å². The Morgan fingerprint density at radius 2 is 1.81 bits per heavy atom. The maximum absolute atomic E-state index is 5.90. The highest BCUT2D eigenvalue weighted by atomic mass is 16.7. The molecule has 0 spiro atoms. The number of benzene rings is 2. The lowest BCUT2D eigenvalue weighted by Gasteiger charge is -2.34. The molecule has 0 amide bonds. The van der Waals surface area contributed by atoms with Crippen molar-refractivity contribution in [3.05, 3.63) is 48.0 Å². The van der Waals surface area contributed by atoms with Crippen molar-refractivity contribution in [2.75, 3.05) is 12.8 Å². The molecule has 0 fully saturated rings. The Bertz CT molecular complexity index is 639. The molecule has 2 aromatic carbocycles. The fourth-order valence-corrected chi connectivity index (χ4v) is 2.38. The van der Waals surface area contributed by atoms with Gasteiger partial charge >= 0.3 is 0 Å². The SMILES string of the molecule is COC1(C)CCc2cc(Oc3ccc(N)cc3)ccc2O1. The van der Waals surface area contributed by atoms with Crippen molar-refractivity contribution in [1.29, 1.82) is 0 Å². The van der Waals surface area contributed by atoms with Crippen LogP contribution in [0.5, 0.6) is 17.2 Å². The molecule has 3 rings (SSSR count). The van der Waals surface area contributed by atoms with E-state index in [1.165, 1.54) is 0 Å². The summed E-state index contributed by atoms with van der Waals surface area (Å²) in [5, 5.41) is 0. The van der Waals surface area contributed by atoms with Crippen LogP contribution in [0, 0.1) is 0 Å². The van der Waals surface area contributed by atoms with Gasteiger partial charge in [-0.3, -0.25) is 0 Å². The molecule has 0 aliphatic carbocycles. The summed E-state index contributed by atoms with van der Waals surface area (Å²) in [6.07, 6.45) is 1.72. The minimum atomic E-state index is -0.535. The minimum Gasteiger partial charge on any atom is -0.462 e. The van der Waals surface area contributed by atoms with E-state index in [4.69, 9.17) is 19.9 Å². The van der Waals surface area contributed by atoms with Crippen molar-refractivity contribution >= 4 is 5.69 Å². The largest absolute Gasteiger partial charge is 0.462 e. The van der Waals surface area contributed by atoms with Crippen LogP contribution in [0.15, 0.2) is 42.5 Å². The fourth-order valence-electron chi connectivity index (χ4n) is 2.38. The van der Waals surface area contributed by atoms with E-state index in [2.05, 4.69) is 0 Å². The number of rotatable bonds is 3. The number of hydrogen-bond donors (Lipinski definition) is 1. The molecule has 2 aromatic rings. The summed E-state index contributed by atoms with van der Waals surface area (Å²) in [5.74, 6) is 1.88. The lowest BCUT2D eigenvalue weighted by molar-refractivity contribution is -0.160. The number of ether oxygens (including phenoxy) is 3. The van der Waals surface area contributed by atoms with Gasteiger partial charge in [0.25, 0.3) is 0 Å². The van der Waals surface area contributed by atoms with E-state index in [1.54, 1.807) is 7.11 Å². The molecule has 0 radical (unpaired) electrons. The molecule has 0 bridgehead atoms. The molecule has 1 unspecified atom stereocenters. The van der Waals surface area contributed by atoms with Crippen LogP contribution in [-0.2, 0) is 11.2 Å². The first kappa shape index (κ1) is 13.8. The molecular weight excluding hydrogens is 266 g/mol. The Morgan fingerprint density at radius 3 is 2.52 bits per heavy atom. The van der Waals surface area contributed by atoms with Gasteiger partial charge in [-0.2, -0.15) is 0 Å². The van der Waals surface area contributed by atoms with Gasteiger partial charge in [0, 0.05) is 26.1 Å². The number of methoxy groups -OCH3 is 1. The van der Waals surface area contributed by atoms with Crippen LogP contribution in [0.4, 0.5) is 5.69 Å². The normalized spacial score (nSPS) is 20.5. The Labute approximate surface area is 124 Å². The van der Waals surface area contributed by atoms with E-state index in [-0.39, 0.29) is 0 Å². The van der Waals surface area contributed by atoms with E-state index in [0.29, 0.717) is 0 Å². The summed E-state index contributed by atoms with van der Waals surface area (Å²) in [6, 6.07) is 13.2. The minimum absolute atomic E-state index is 0.535. The first-order valence-corrected chi connectivity index (χ1v) is 6.98. The predicted octanol–water partition coefficient (Wildman–Crippen LogP) is 3.75. The van der Waals surface area contributed by atoms with Crippen LogP contribution < -0.4 is 15.2 Å². The second-order valence-electron chi connectivity index (χ2n) is 5.38. The van der Waals surface area contributed by atoms with E-state index in [0.717, 1.165) is 41.3 Å². The van der Waals surface area contributed by atoms with Crippen molar-refractivity contribution in [2.24, 2.45) is 0 Å². The highest BCUT2D eigenvalue weighted by Gasteiger charge is 2.31. The Morgan fingerprint density at radius 1 is 1.10 bits per heavy atom. The molecular formula is C17H19NO3. The monoisotopic (exact) mass is 285 g/mol. The molecule has 4 nitrogen and oxygen atoms in total. The van der Waals surface area contributed by atoms with Crippen LogP contribution in [0.25, 0.3) is 0 Å². The third kappa shape index (κ3) is 2.95. The maximum Gasteiger partial charge on any atom is 0.207 e. The molecule has 2 N–H and O–H groups in total. The van der Waals surface area contributed by atoms with Gasteiger partial charge in [-0.15, -0.1) is 0 Å². The second kappa shape index (κ2) is 5.30. The number of aryl methyl sites for hydroxylation is 1. The average molecular weight is 285 g/mol. The van der Waals surface area contributed by atoms with Gasteiger partial charge in [0.2, 0.25) is 5.79 Å². The Hall–Kier alpha value is -2.20.